The summed E-state index contributed by atoms with van der Waals surface area (Å²) in [6, 6.07) is 9.07. The fourth-order valence-corrected chi connectivity index (χ4v) is 5.21. The molecule has 2 saturated carbocycles. The van der Waals surface area contributed by atoms with E-state index in [1.54, 1.807) is 15.9 Å². The summed E-state index contributed by atoms with van der Waals surface area (Å²) in [6.45, 7) is 0. The molecule has 0 radical (unpaired) electrons. The molecule has 3 atom stereocenters. The molecule has 0 spiro atoms. The number of hydrogen-bond acceptors (Lipinski definition) is 3. The number of carboxylic acid groups (broad SMARTS) is 1. The van der Waals surface area contributed by atoms with Crippen molar-refractivity contribution in [3.63, 3.8) is 0 Å². The lowest BCUT2D eigenvalue weighted by Gasteiger charge is -2.55. The van der Waals surface area contributed by atoms with E-state index in [4.69, 9.17) is 5.11 Å². The van der Waals surface area contributed by atoms with E-state index in [0.29, 0.717) is 23.2 Å². The number of anilines is 1. The van der Waals surface area contributed by atoms with Crippen molar-refractivity contribution in [2.24, 2.45) is 5.92 Å². The van der Waals surface area contributed by atoms with Gasteiger partial charge in [-0.25, -0.2) is 8.78 Å². The number of carboxylic acids is 1. The minimum atomic E-state index is -1.03. The highest BCUT2D eigenvalue weighted by atomic mass is 19.1. The van der Waals surface area contributed by atoms with Crippen LogP contribution in [0.4, 0.5) is 14.5 Å². The predicted molar refractivity (Wildman–Crippen MR) is 116 cm³/mol. The van der Waals surface area contributed by atoms with Gasteiger partial charge < -0.3 is 14.9 Å². The fourth-order valence-electron chi connectivity index (χ4n) is 5.21. The summed E-state index contributed by atoms with van der Waals surface area (Å²) in [4.78, 5) is 41.0. The lowest BCUT2D eigenvalue weighted by Crippen LogP contribution is -2.59. The molecule has 6 nitrogen and oxygen atoms in total. The van der Waals surface area contributed by atoms with Crippen LogP contribution in [0.25, 0.3) is 0 Å². The molecule has 0 aromatic heterocycles. The molecule has 0 saturated heterocycles. The maximum atomic E-state index is 14.4. The van der Waals surface area contributed by atoms with Gasteiger partial charge in [0.1, 0.15) is 11.6 Å². The molecule has 33 heavy (non-hydrogen) atoms. The molecular formula is C25H24F2N2O4. The Balaban J connectivity index is 1.55. The number of nitrogens with zero attached hydrogens (tertiary/aromatic N) is 2. The Morgan fingerprint density at radius 2 is 1.64 bits per heavy atom. The molecule has 2 fully saturated rings. The standard InChI is InChI=1S/C25H24F2N2O4/c26-15-3-1-14(2-4-15)25(33)29-20-10-9-18(20)24(19-8-5-16(27)13-21(19)29)28(17-6-7-17)22(30)11-12-23(31)32/h1-5,8,13,17-18,20,24H,6-7,9-12H2,(H,31,32)/t18-,20+,24+/m0/s1. The molecule has 2 aromatic carbocycles. The molecule has 2 amide bonds. The van der Waals surface area contributed by atoms with Crippen molar-refractivity contribution in [1.82, 2.24) is 4.90 Å². The van der Waals surface area contributed by atoms with Crippen LogP contribution < -0.4 is 4.90 Å². The van der Waals surface area contributed by atoms with Crippen LogP contribution in [-0.4, -0.2) is 39.9 Å². The van der Waals surface area contributed by atoms with E-state index >= 15 is 0 Å². The quantitative estimate of drug-likeness (QED) is 0.706. The summed E-state index contributed by atoms with van der Waals surface area (Å²) in [7, 11) is 0. The van der Waals surface area contributed by atoms with Gasteiger partial charge in [-0.3, -0.25) is 14.4 Å². The molecule has 1 heterocycles. The number of amides is 2. The van der Waals surface area contributed by atoms with E-state index in [0.717, 1.165) is 19.3 Å². The normalized spacial score (nSPS) is 23.2. The Morgan fingerprint density at radius 3 is 2.24 bits per heavy atom. The average molecular weight is 454 g/mol. The lowest BCUT2D eigenvalue weighted by molar-refractivity contribution is -0.143. The molecule has 1 N–H and O–H groups in total. The molecule has 2 aliphatic carbocycles. The third-order valence-corrected chi connectivity index (χ3v) is 6.99. The molecule has 5 rings (SSSR count). The largest absolute Gasteiger partial charge is 0.481 e. The number of rotatable bonds is 6. The van der Waals surface area contributed by atoms with Gasteiger partial charge in [0.15, 0.2) is 0 Å². The van der Waals surface area contributed by atoms with Crippen LogP contribution in [0.5, 0.6) is 0 Å². The van der Waals surface area contributed by atoms with E-state index in [1.807, 2.05) is 0 Å². The highest BCUT2D eigenvalue weighted by Gasteiger charge is 2.53. The first kappa shape index (κ1) is 21.6. The smallest absolute Gasteiger partial charge is 0.303 e. The number of fused-ring (bicyclic) bond motifs is 2. The van der Waals surface area contributed by atoms with Gasteiger partial charge in [-0.15, -0.1) is 0 Å². The Morgan fingerprint density at radius 1 is 0.939 bits per heavy atom. The predicted octanol–water partition coefficient (Wildman–Crippen LogP) is 4.30. The number of halogens is 2. The summed E-state index contributed by atoms with van der Waals surface area (Å²) >= 11 is 0. The van der Waals surface area contributed by atoms with Crippen molar-refractivity contribution in [3.8, 4) is 0 Å². The molecule has 3 aliphatic rings. The SMILES string of the molecule is O=C(O)CCC(=O)N(C1CC1)[C@H]1c2ccc(F)cc2N(C(=O)c2ccc(F)cc2)[C@@H]2CC[C@@H]21. The maximum Gasteiger partial charge on any atom is 0.303 e. The van der Waals surface area contributed by atoms with Gasteiger partial charge in [-0.05, 0) is 67.6 Å². The molecule has 2 aromatic rings. The summed E-state index contributed by atoms with van der Waals surface area (Å²) in [5.74, 6) is -2.53. The Bertz CT molecular complexity index is 1120. The van der Waals surface area contributed by atoms with Crippen molar-refractivity contribution in [1.29, 1.82) is 0 Å². The number of hydrogen-bond donors (Lipinski definition) is 1. The van der Waals surface area contributed by atoms with Crippen molar-refractivity contribution < 1.29 is 28.3 Å². The Kier molecular flexibility index (Phi) is 5.38. The van der Waals surface area contributed by atoms with Crippen molar-refractivity contribution in [2.45, 2.75) is 56.7 Å². The molecule has 0 unspecified atom stereocenters. The van der Waals surface area contributed by atoms with Gasteiger partial charge in [0.05, 0.1) is 18.2 Å². The van der Waals surface area contributed by atoms with E-state index in [1.165, 1.54) is 36.4 Å². The van der Waals surface area contributed by atoms with Crippen LogP contribution in [0.2, 0.25) is 0 Å². The zero-order chi connectivity index (χ0) is 23.3. The number of aliphatic carboxylic acids is 1. The highest BCUT2D eigenvalue weighted by molar-refractivity contribution is 6.07. The summed E-state index contributed by atoms with van der Waals surface area (Å²) in [5, 5.41) is 9.04. The first-order valence-corrected chi connectivity index (χ1v) is 11.3. The number of carbonyl (C=O) groups is 3. The third kappa shape index (κ3) is 3.87. The first-order chi connectivity index (χ1) is 15.8. The molecular weight excluding hydrogens is 430 g/mol. The van der Waals surface area contributed by atoms with Gasteiger partial charge in [0, 0.05) is 30.0 Å². The van der Waals surface area contributed by atoms with Gasteiger partial charge >= 0.3 is 5.97 Å². The zero-order valence-electron chi connectivity index (χ0n) is 17.9. The lowest BCUT2D eigenvalue weighted by atomic mass is 9.67. The van der Waals surface area contributed by atoms with Crippen LogP contribution >= 0.6 is 0 Å². The average Bonchev–Trinajstić information content (AvgIpc) is 3.59. The van der Waals surface area contributed by atoms with E-state index in [-0.39, 0.29) is 48.7 Å². The van der Waals surface area contributed by atoms with Crippen LogP contribution in [0.15, 0.2) is 42.5 Å². The van der Waals surface area contributed by atoms with Crippen LogP contribution in [-0.2, 0) is 9.59 Å². The topological polar surface area (TPSA) is 77.9 Å². The summed E-state index contributed by atoms with van der Waals surface area (Å²) < 4.78 is 27.8. The van der Waals surface area contributed by atoms with E-state index in [2.05, 4.69) is 0 Å². The highest BCUT2D eigenvalue weighted by Crippen LogP contribution is 2.54. The van der Waals surface area contributed by atoms with Crippen LogP contribution in [0.3, 0.4) is 0 Å². The first-order valence-electron chi connectivity index (χ1n) is 11.3. The fraction of sp³-hybridized carbons (Fsp3) is 0.400. The van der Waals surface area contributed by atoms with Gasteiger partial charge in [-0.2, -0.15) is 0 Å². The summed E-state index contributed by atoms with van der Waals surface area (Å²) in [5.41, 5.74) is 1.43. The van der Waals surface area contributed by atoms with E-state index < -0.39 is 17.6 Å². The van der Waals surface area contributed by atoms with Crippen molar-refractivity contribution in [2.75, 3.05) is 4.90 Å². The monoisotopic (exact) mass is 454 g/mol. The Hall–Kier alpha value is -3.29. The second-order valence-electron chi connectivity index (χ2n) is 9.06. The second kappa shape index (κ2) is 8.24. The third-order valence-electron chi connectivity index (χ3n) is 6.99. The van der Waals surface area contributed by atoms with Gasteiger partial charge in [-0.1, -0.05) is 6.07 Å². The minimum absolute atomic E-state index is 0.0262. The van der Waals surface area contributed by atoms with Crippen LogP contribution in [0.1, 0.15) is 60.5 Å². The van der Waals surface area contributed by atoms with Crippen molar-refractivity contribution >= 4 is 23.5 Å². The van der Waals surface area contributed by atoms with E-state index in [9.17, 15) is 23.2 Å². The summed E-state index contributed by atoms with van der Waals surface area (Å²) in [6.07, 6.45) is 2.88. The molecule has 0 bridgehead atoms. The second-order valence-corrected chi connectivity index (χ2v) is 9.06. The molecule has 172 valence electrons. The van der Waals surface area contributed by atoms with Crippen molar-refractivity contribution in [3.05, 3.63) is 65.2 Å². The number of benzene rings is 2. The Labute approximate surface area is 189 Å². The molecule has 8 heteroatoms. The maximum absolute atomic E-state index is 14.4. The minimum Gasteiger partial charge on any atom is -0.481 e. The molecule has 1 aliphatic heterocycles. The van der Waals surface area contributed by atoms with Gasteiger partial charge in [0.2, 0.25) is 5.91 Å². The number of carbonyl (C=O) groups excluding carboxylic acids is 2. The van der Waals surface area contributed by atoms with Crippen LogP contribution in [0, 0.1) is 17.6 Å². The zero-order valence-corrected chi connectivity index (χ0v) is 17.9. The van der Waals surface area contributed by atoms with Gasteiger partial charge in [0.25, 0.3) is 5.91 Å².